The number of likely N-dealkylation sites (tertiary alicyclic amines) is 1. The van der Waals surface area contributed by atoms with Gasteiger partial charge in [0.1, 0.15) is 0 Å². The predicted molar refractivity (Wildman–Crippen MR) is 109 cm³/mol. The topological polar surface area (TPSA) is 47.0 Å². The molecule has 0 saturated carbocycles. The molecule has 1 aromatic rings. The maximum absolute atomic E-state index is 13.0. The van der Waals surface area contributed by atoms with E-state index < -0.39 is 0 Å². The molecule has 1 amide bonds. The molecule has 0 radical (unpaired) electrons. The molecule has 0 spiro atoms. The molecular formula is C21H32ClN3O2. The number of hydrogen-bond donors (Lipinski definition) is 1. The van der Waals surface area contributed by atoms with Crippen LogP contribution in [-0.4, -0.2) is 84.7 Å². The Bertz CT molecular complexity index is 646. The van der Waals surface area contributed by atoms with Crippen LogP contribution in [0.2, 0.25) is 5.02 Å². The van der Waals surface area contributed by atoms with Gasteiger partial charge in [0.05, 0.1) is 0 Å². The lowest BCUT2D eigenvalue weighted by Gasteiger charge is -2.46. The first-order valence-corrected chi connectivity index (χ1v) is 10.5. The van der Waals surface area contributed by atoms with Gasteiger partial charge < -0.3 is 14.9 Å². The van der Waals surface area contributed by atoms with Crippen molar-refractivity contribution in [3.8, 4) is 0 Å². The maximum atomic E-state index is 13.0. The summed E-state index contributed by atoms with van der Waals surface area (Å²) in [7, 11) is 2.18. The van der Waals surface area contributed by atoms with E-state index in [9.17, 15) is 9.90 Å². The fraction of sp³-hybridized carbons (Fsp3) is 0.667. The van der Waals surface area contributed by atoms with Gasteiger partial charge in [-0.2, -0.15) is 0 Å². The Morgan fingerprint density at radius 3 is 2.63 bits per heavy atom. The minimum Gasteiger partial charge on any atom is -0.396 e. The van der Waals surface area contributed by atoms with Gasteiger partial charge in [0, 0.05) is 62.5 Å². The molecule has 0 aromatic heterocycles. The Hall–Kier alpha value is -1.14. The highest BCUT2D eigenvalue weighted by Gasteiger charge is 2.35. The van der Waals surface area contributed by atoms with Crippen LogP contribution in [0.5, 0.6) is 0 Å². The van der Waals surface area contributed by atoms with Crippen LogP contribution in [0.4, 0.5) is 0 Å². The monoisotopic (exact) mass is 393 g/mol. The first-order chi connectivity index (χ1) is 13.0. The average Bonchev–Trinajstić information content (AvgIpc) is 2.68. The van der Waals surface area contributed by atoms with Gasteiger partial charge in [0.2, 0.25) is 0 Å². The molecule has 2 fully saturated rings. The summed E-state index contributed by atoms with van der Waals surface area (Å²) in [5, 5.41) is 9.97. The smallest absolute Gasteiger partial charge is 0.253 e. The van der Waals surface area contributed by atoms with Crippen molar-refractivity contribution in [2.75, 3.05) is 52.9 Å². The van der Waals surface area contributed by atoms with Crippen LogP contribution in [0.1, 0.15) is 35.2 Å². The molecule has 2 atom stereocenters. The van der Waals surface area contributed by atoms with Crippen molar-refractivity contribution < 1.29 is 9.90 Å². The molecule has 2 heterocycles. The molecule has 0 aliphatic carbocycles. The molecule has 0 bridgehead atoms. The zero-order chi connectivity index (χ0) is 19.4. The molecule has 3 rings (SSSR count). The van der Waals surface area contributed by atoms with Gasteiger partial charge in [-0.05, 0) is 56.8 Å². The van der Waals surface area contributed by atoms with E-state index in [4.69, 9.17) is 11.6 Å². The quantitative estimate of drug-likeness (QED) is 0.834. The summed E-state index contributed by atoms with van der Waals surface area (Å²) < 4.78 is 0. The number of rotatable bonds is 5. The number of piperidine rings is 1. The number of benzene rings is 1. The van der Waals surface area contributed by atoms with Crippen molar-refractivity contribution in [2.45, 2.75) is 32.2 Å². The van der Waals surface area contributed by atoms with Crippen LogP contribution in [-0.2, 0) is 0 Å². The van der Waals surface area contributed by atoms with Gasteiger partial charge >= 0.3 is 0 Å². The number of carbonyl (C=O) groups excluding carboxylic acids is 1. The normalized spacial score (nSPS) is 25.0. The molecule has 27 heavy (non-hydrogen) atoms. The highest BCUT2D eigenvalue weighted by molar-refractivity contribution is 6.31. The number of nitrogens with zero attached hydrogens (tertiary/aromatic N) is 3. The molecule has 150 valence electrons. The van der Waals surface area contributed by atoms with E-state index in [0.717, 1.165) is 64.1 Å². The lowest BCUT2D eigenvalue weighted by Crippen LogP contribution is -2.56. The Balaban J connectivity index is 1.69. The highest BCUT2D eigenvalue weighted by atomic mass is 35.5. The SMILES string of the molecule is Cc1ccc(C(=O)N2CC[C@H](N3CCN(C)CC3)[C@H](CCCO)C2)cc1Cl. The fourth-order valence-electron chi connectivity index (χ4n) is 4.38. The fourth-order valence-corrected chi connectivity index (χ4v) is 4.56. The van der Waals surface area contributed by atoms with Gasteiger partial charge in [-0.3, -0.25) is 9.69 Å². The molecule has 2 aliphatic rings. The summed E-state index contributed by atoms with van der Waals surface area (Å²) in [6.07, 6.45) is 2.77. The molecule has 2 aliphatic heterocycles. The number of piperazine rings is 1. The lowest BCUT2D eigenvalue weighted by atomic mass is 9.86. The first kappa shape index (κ1) is 20.6. The van der Waals surface area contributed by atoms with E-state index in [0.29, 0.717) is 22.5 Å². The number of amides is 1. The van der Waals surface area contributed by atoms with Crippen LogP contribution in [0.25, 0.3) is 0 Å². The van der Waals surface area contributed by atoms with Crippen molar-refractivity contribution >= 4 is 17.5 Å². The molecule has 5 nitrogen and oxygen atoms in total. The average molecular weight is 394 g/mol. The highest BCUT2D eigenvalue weighted by Crippen LogP contribution is 2.28. The summed E-state index contributed by atoms with van der Waals surface area (Å²) >= 11 is 6.22. The second-order valence-electron chi connectivity index (χ2n) is 8.04. The zero-order valence-electron chi connectivity index (χ0n) is 16.5. The molecule has 0 unspecified atom stereocenters. The summed E-state index contributed by atoms with van der Waals surface area (Å²) in [5.41, 5.74) is 1.66. The van der Waals surface area contributed by atoms with Gasteiger partial charge in [0.25, 0.3) is 5.91 Å². The summed E-state index contributed by atoms with van der Waals surface area (Å²) in [4.78, 5) is 20.0. The van der Waals surface area contributed by atoms with Crippen molar-refractivity contribution in [3.05, 3.63) is 34.3 Å². The second kappa shape index (κ2) is 9.37. The first-order valence-electron chi connectivity index (χ1n) is 10.1. The van der Waals surface area contributed by atoms with Crippen molar-refractivity contribution in [3.63, 3.8) is 0 Å². The summed E-state index contributed by atoms with van der Waals surface area (Å²) in [6.45, 7) is 8.12. The number of likely N-dealkylation sites (N-methyl/N-ethyl adjacent to an activating group) is 1. The van der Waals surface area contributed by atoms with E-state index in [1.807, 2.05) is 24.0 Å². The molecular weight excluding hydrogens is 362 g/mol. The predicted octanol–water partition coefficient (Wildman–Crippen LogP) is 2.50. The van der Waals surface area contributed by atoms with Crippen molar-refractivity contribution in [1.82, 2.24) is 14.7 Å². The standard InChI is InChI=1S/C21H32ClN3O2/c1-16-5-6-17(14-19(16)22)21(27)25-8-7-20(18(15-25)4-3-13-26)24-11-9-23(2)10-12-24/h5-6,14,18,20,26H,3-4,7-13,15H2,1-2H3/t18-,20+/m1/s1. The van der Waals surface area contributed by atoms with Gasteiger partial charge in [-0.1, -0.05) is 17.7 Å². The lowest BCUT2D eigenvalue weighted by molar-refractivity contribution is 0.0218. The number of aliphatic hydroxyl groups is 1. The van der Waals surface area contributed by atoms with Gasteiger partial charge in [-0.15, -0.1) is 0 Å². The maximum Gasteiger partial charge on any atom is 0.253 e. The number of carbonyl (C=O) groups is 1. The van der Waals surface area contributed by atoms with E-state index in [-0.39, 0.29) is 12.5 Å². The number of halogens is 1. The third-order valence-electron chi connectivity index (χ3n) is 6.14. The third kappa shape index (κ3) is 5.02. The van der Waals surface area contributed by atoms with Crippen LogP contribution in [0, 0.1) is 12.8 Å². The molecule has 1 aromatic carbocycles. The molecule has 6 heteroatoms. The van der Waals surface area contributed by atoms with Gasteiger partial charge in [0.15, 0.2) is 0 Å². The molecule has 1 N–H and O–H groups in total. The van der Waals surface area contributed by atoms with Crippen molar-refractivity contribution in [1.29, 1.82) is 0 Å². The summed E-state index contributed by atoms with van der Waals surface area (Å²) in [6, 6.07) is 6.08. The van der Waals surface area contributed by atoms with E-state index >= 15 is 0 Å². The van der Waals surface area contributed by atoms with E-state index in [1.54, 1.807) is 6.07 Å². The van der Waals surface area contributed by atoms with E-state index in [2.05, 4.69) is 16.8 Å². The number of aliphatic hydroxyl groups excluding tert-OH is 1. The zero-order valence-corrected chi connectivity index (χ0v) is 17.3. The Morgan fingerprint density at radius 1 is 1.22 bits per heavy atom. The summed E-state index contributed by atoms with van der Waals surface area (Å²) in [5.74, 6) is 0.488. The van der Waals surface area contributed by atoms with E-state index in [1.165, 1.54) is 0 Å². The number of hydrogen-bond acceptors (Lipinski definition) is 4. The van der Waals surface area contributed by atoms with Crippen LogP contribution in [0.15, 0.2) is 18.2 Å². The van der Waals surface area contributed by atoms with Crippen LogP contribution >= 0.6 is 11.6 Å². The van der Waals surface area contributed by atoms with Gasteiger partial charge in [-0.25, -0.2) is 0 Å². The van der Waals surface area contributed by atoms with Crippen LogP contribution in [0.3, 0.4) is 0 Å². The Labute approximate surface area is 167 Å². The number of aryl methyl sites for hydroxylation is 1. The van der Waals surface area contributed by atoms with Crippen molar-refractivity contribution in [2.24, 2.45) is 5.92 Å². The molecule has 2 saturated heterocycles. The third-order valence-corrected chi connectivity index (χ3v) is 6.55. The largest absolute Gasteiger partial charge is 0.396 e. The Kier molecular flexibility index (Phi) is 7.15. The van der Waals surface area contributed by atoms with Crippen LogP contribution < -0.4 is 0 Å². The Morgan fingerprint density at radius 2 is 1.96 bits per heavy atom. The second-order valence-corrected chi connectivity index (χ2v) is 8.44. The minimum atomic E-state index is 0.0720. The minimum absolute atomic E-state index is 0.0720.